The van der Waals surface area contributed by atoms with Crippen molar-refractivity contribution < 1.29 is 17.9 Å². The fourth-order valence-corrected chi connectivity index (χ4v) is 3.02. The third-order valence-corrected chi connectivity index (χ3v) is 4.47. The van der Waals surface area contributed by atoms with E-state index >= 15 is 0 Å². The van der Waals surface area contributed by atoms with E-state index in [1.54, 1.807) is 6.92 Å². The number of pyridine rings is 1. The number of amidine groups is 1. The van der Waals surface area contributed by atoms with E-state index in [9.17, 15) is 13.2 Å². The van der Waals surface area contributed by atoms with Crippen LogP contribution in [0, 0.1) is 20.8 Å². The topological polar surface area (TPSA) is 60.5 Å². The first-order chi connectivity index (χ1) is 12.2. The van der Waals surface area contributed by atoms with Gasteiger partial charge in [0.25, 0.3) is 0 Å². The molecule has 1 heterocycles. The molecule has 140 valence electrons. The number of alkyl halides is 3. The first-order valence-electron chi connectivity index (χ1n) is 7.84. The lowest BCUT2D eigenvalue weighted by Crippen LogP contribution is -2.19. The molecule has 0 saturated heterocycles. The Morgan fingerprint density at radius 3 is 2.46 bits per heavy atom. The van der Waals surface area contributed by atoms with Crippen molar-refractivity contribution in [2.75, 3.05) is 6.61 Å². The molecule has 2 aromatic rings. The Morgan fingerprint density at radius 2 is 1.85 bits per heavy atom. The van der Waals surface area contributed by atoms with E-state index in [-0.39, 0.29) is 5.75 Å². The van der Waals surface area contributed by atoms with Crippen LogP contribution in [0.25, 0.3) is 0 Å². The zero-order chi connectivity index (χ0) is 19.3. The van der Waals surface area contributed by atoms with Gasteiger partial charge in [0.05, 0.1) is 11.4 Å². The summed E-state index contributed by atoms with van der Waals surface area (Å²) in [6.45, 7) is 4.25. The number of aromatic nitrogens is 1. The van der Waals surface area contributed by atoms with Gasteiger partial charge in [0.1, 0.15) is 5.75 Å². The molecule has 26 heavy (non-hydrogen) atoms. The van der Waals surface area contributed by atoms with Gasteiger partial charge in [-0.1, -0.05) is 30.0 Å². The van der Waals surface area contributed by atoms with E-state index < -0.39 is 12.8 Å². The standard InChI is InChI=1S/C18H20F3N3OS/c1-11-5-4-6-12(2)16(11)24-17(22)26-9-14-13(3)15(7-8-23-14)25-10-18(19,20)21/h4-8H,9-10H2,1-3H3,(H2,22,24). The fraction of sp³-hybridized carbons (Fsp3) is 0.333. The molecule has 1 aromatic carbocycles. The van der Waals surface area contributed by atoms with E-state index in [0.717, 1.165) is 16.8 Å². The van der Waals surface area contributed by atoms with E-state index in [2.05, 4.69) is 9.98 Å². The lowest BCUT2D eigenvalue weighted by molar-refractivity contribution is -0.153. The predicted octanol–water partition coefficient (Wildman–Crippen LogP) is 4.83. The summed E-state index contributed by atoms with van der Waals surface area (Å²) in [6.07, 6.45) is -2.96. The minimum Gasteiger partial charge on any atom is -0.484 e. The number of nitrogens with zero attached hydrogens (tertiary/aromatic N) is 2. The Hall–Kier alpha value is -2.22. The van der Waals surface area contributed by atoms with Crippen LogP contribution in [0.15, 0.2) is 35.5 Å². The summed E-state index contributed by atoms with van der Waals surface area (Å²) < 4.78 is 41.8. The van der Waals surface area contributed by atoms with Gasteiger partial charge < -0.3 is 10.5 Å². The molecular formula is C18H20F3N3OS. The van der Waals surface area contributed by atoms with Crippen molar-refractivity contribution in [2.24, 2.45) is 10.7 Å². The van der Waals surface area contributed by atoms with Gasteiger partial charge in [-0.05, 0) is 38.0 Å². The minimum absolute atomic E-state index is 0.165. The molecule has 0 aliphatic carbocycles. The van der Waals surface area contributed by atoms with Crippen molar-refractivity contribution >= 4 is 22.6 Å². The van der Waals surface area contributed by atoms with Crippen LogP contribution in [-0.2, 0) is 5.75 Å². The van der Waals surface area contributed by atoms with Crippen molar-refractivity contribution in [1.82, 2.24) is 4.98 Å². The van der Waals surface area contributed by atoms with Crippen LogP contribution >= 0.6 is 11.8 Å². The molecule has 0 amide bonds. The number of halogens is 3. The van der Waals surface area contributed by atoms with Crippen LogP contribution in [0.1, 0.15) is 22.4 Å². The maximum atomic E-state index is 12.3. The van der Waals surface area contributed by atoms with Gasteiger partial charge in [-0.2, -0.15) is 13.2 Å². The normalized spacial score (nSPS) is 12.3. The second kappa shape index (κ2) is 8.44. The van der Waals surface area contributed by atoms with Gasteiger partial charge in [-0.25, -0.2) is 4.99 Å². The minimum atomic E-state index is -4.38. The van der Waals surface area contributed by atoms with Gasteiger partial charge in [-0.3, -0.25) is 4.98 Å². The fourth-order valence-electron chi connectivity index (χ4n) is 2.29. The van der Waals surface area contributed by atoms with E-state index in [0.29, 0.717) is 22.2 Å². The average Bonchev–Trinajstić information content (AvgIpc) is 2.55. The van der Waals surface area contributed by atoms with Gasteiger partial charge in [0.15, 0.2) is 11.8 Å². The molecule has 0 fully saturated rings. The molecular weight excluding hydrogens is 363 g/mol. The monoisotopic (exact) mass is 383 g/mol. The summed E-state index contributed by atoms with van der Waals surface area (Å²) in [5, 5.41) is 0.366. The zero-order valence-electron chi connectivity index (χ0n) is 14.7. The smallest absolute Gasteiger partial charge is 0.422 e. The van der Waals surface area contributed by atoms with Crippen molar-refractivity contribution in [3.05, 3.63) is 52.8 Å². The molecule has 0 bridgehead atoms. The molecule has 0 radical (unpaired) electrons. The van der Waals surface area contributed by atoms with Crippen LogP contribution in [0.2, 0.25) is 0 Å². The summed E-state index contributed by atoms with van der Waals surface area (Å²) in [6, 6.07) is 7.28. The number of hydrogen-bond donors (Lipinski definition) is 1. The van der Waals surface area contributed by atoms with Crippen LogP contribution in [-0.4, -0.2) is 22.9 Å². The number of rotatable bonds is 5. The third-order valence-electron chi connectivity index (χ3n) is 3.67. The van der Waals surface area contributed by atoms with Crippen LogP contribution in [0.3, 0.4) is 0 Å². The van der Waals surface area contributed by atoms with Crippen LogP contribution in [0.4, 0.5) is 18.9 Å². The quantitative estimate of drug-likeness (QED) is 0.594. The molecule has 0 saturated carbocycles. The molecule has 2 N–H and O–H groups in total. The Morgan fingerprint density at radius 1 is 1.19 bits per heavy atom. The summed E-state index contributed by atoms with van der Waals surface area (Å²) in [5.41, 5.74) is 10.0. The summed E-state index contributed by atoms with van der Waals surface area (Å²) in [4.78, 5) is 8.65. The number of para-hydroxylation sites is 1. The average molecular weight is 383 g/mol. The molecule has 0 aliphatic rings. The SMILES string of the molecule is Cc1cccc(C)c1N=C(N)SCc1nccc(OCC(F)(F)F)c1C. The van der Waals surface area contributed by atoms with Crippen LogP contribution in [0.5, 0.6) is 5.75 Å². The van der Waals surface area contributed by atoms with Crippen molar-refractivity contribution in [2.45, 2.75) is 32.7 Å². The molecule has 0 atom stereocenters. The molecule has 8 heteroatoms. The lowest BCUT2D eigenvalue weighted by atomic mass is 10.1. The molecule has 0 unspecified atom stereocenters. The Balaban J connectivity index is 2.08. The summed E-state index contributed by atoms with van der Waals surface area (Å²) in [7, 11) is 0. The van der Waals surface area contributed by atoms with E-state index in [1.165, 1.54) is 24.0 Å². The second-order valence-corrected chi connectivity index (χ2v) is 6.76. The highest BCUT2D eigenvalue weighted by Gasteiger charge is 2.28. The lowest BCUT2D eigenvalue weighted by Gasteiger charge is -2.13. The number of nitrogens with two attached hydrogens (primary N) is 1. The first kappa shape index (κ1) is 20.1. The van der Waals surface area contributed by atoms with Crippen molar-refractivity contribution in [3.63, 3.8) is 0 Å². The molecule has 2 rings (SSSR count). The Labute approximate surface area is 154 Å². The Bertz CT molecular complexity index is 787. The highest BCUT2D eigenvalue weighted by molar-refractivity contribution is 8.13. The van der Waals surface area contributed by atoms with Crippen molar-refractivity contribution in [1.29, 1.82) is 0 Å². The van der Waals surface area contributed by atoms with Gasteiger partial charge in [0, 0.05) is 17.5 Å². The van der Waals surface area contributed by atoms with Gasteiger partial charge >= 0.3 is 6.18 Å². The summed E-state index contributed by atoms with van der Waals surface area (Å²) in [5.74, 6) is 0.549. The van der Waals surface area contributed by atoms with Crippen molar-refractivity contribution in [3.8, 4) is 5.75 Å². The molecule has 0 aliphatic heterocycles. The number of hydrogen-bond acceptors (Lipinski definition) is 4. The third kappa shape index (κ3) is 5.66. The highest BCUT2D eigenvalue weighted by Crippen LogP contribution is 2.27. The molecule has 1 aromatic heterocycles. The van der Waals surface area contributed by atoms with Gasteiger partial charge in [0.2, 0.25) is 0 Å². The Kier molecular flexibility index (Phi) is 6.52. The zero-order valence-corrected chi connectivity index (χ0v) is 15.5. The van der Waals surface area contributed by atoms with E-state index in [4.69, 9.17) is 10.5 Å². The summed E-state index contributed by atoms with van der Waals surface area (Å²) >= 11 is 1.28. The molecule has 4 nitrogen and oxygen atoms in total. The largest absolute Gasteiger partial charge is 0.484 e. The maximum Gasteiger partial charge on any atom is 0.422 e. The second-order valence-electron chi connectivity index (χ2n) is 5.76. The first-order valence-corrected chi connectivity index (χ1v) is 8.83. The predicted molar refractivity (Wildman–Crippen MR) is 99.0 cm³/mol. The number of ether oxygens (including phenoxy) is 1. The number of thioether (sulfide) groups is 1. The van der Waals surface area contributed by atoms with Crippen LogP contribution < -0.4 is 10.5 Å². The van der Waals surface area contributed by atoms with E-state index in [1.807, 2.05) is 32.0 Å². The number of benzene rings is 1. The maximum absolute atomic E-state index is 12.3. The number of aryl methyl sites for hydroxylation is 2. The van der Waals surface area contributed by atoms with Gasteiger partial charge in [-0.15, -0.1) is 0 Å². The number of aliphatic imine (C=N–C) groups is 1. The highest BCUT2D eigenvalue weighted by atomic mass is 32.2. The molecule has 0 spiro atoms.